The van der Waals surface area contributed by atoms with Crippen molar-refractivity contribution in [1.82, 2.24) is 15.0 Å². The number of aryl methyl sites for hydroxylation is 1. The van der Waals surface area contributed by atoms with Gasteiger partial charge in [-0.1, -0.05) is 12.1 Å². The van der Waals surface area contributed by atoms with Crippen molar-refractivity contribution >= 4 is 34.0 Å². The Balaban J connectivity index is 1.54. The van der Waals surface area contributed by atoms with Crippen LogP contribution >= 0.6 is 0 Å². The fourth-order valence-corrected chi connectivity index (χ4v) is 2.89. The predicted molar refractivity (Wildman–Crippen MR) is 103 cm³/mol. The zero-order valence-electron chi connectivity index (χ0n) is 14.8. The fraction of sp³-hybridized carbons (Fsp3) is 0.100. The second-order valence-electron chi connectivity index (χ2n) is 6.35. The summed E-state index contributed by atoms with van der Waals surface area (Å²) in [6.45, 7) is 1.99. The van der Waals surface area contributed by atoms with Gasteiger partial charge >= 0.3 is 6.18 Å². The highest BCUT2D eigenvalue weighted by molar-refractivity contribution is 5.84. The average Bonchev–Trinajstić information content (AvgIpc) is 3.01. The maximum Gasteiger partial charge on any atom is 0.416 e. The fourth-order valence-electron chi connectivity index (χ4n) is 2.89. The second kappa shape index (κ2) is 6.88. The zero-order valence-corrected chi connectivity index (χ0v) is 14.8. The van der Waals surface area contributed by atoms with Gasteiger partial charge in [-0.05, 0) is 54.8 Å². The maximum absolute atomic E-state index is 12.9. The van der Waals surface area contributed by atoms with E-state index in [9.17, 15) is 13.2 Å². The molecular weight excluding hydrogens is 367 g/mol. The summed E-state index contributed by atoms with van der Waals surface area (Å²) in [5.41, 5.74) is 2.42. The van der Waals surface area contributed by atoms with Crippen molar-refractivity contribution in [3.8, 4) is 0 Å². The van der Waals surface area contributed by atoms with Gasteiger partial charge in [0.1, 0.15) is 5.82 Å². The summed E-state index contributed by atoms with van der Waals surface area (Å²) in [6, 6.07) is 14.4. The molecule has 2 aromatic carbocycles. The van der Waals surface area contributed by atoms with Crippen LogP contribution in [-0.4, -0.2) is 15.0 Å². The zero-order chi connectivity index (χ0) is 19.7. The van der Waals surface area contributed by atoms with Gasteiger partial charge in [-0.15, -0.1) is 0 Å². The molecule has 0 unspecified atom stereocenters. The lowest BCUT2D eigenvalue weighted by molar-refractivity contribution is -0.137. The van der Waals surface area contributed by atoms with Crippen LogP contribution in [0.25, 0.3) is 10.9 Å². The number of rotatable bonds is 4. The molecule has 8 heteroatoms. The number of aromatic amines is 1. The number of halogens is 3. The number of hydrogen-bond donors (Lipinski definition) is 3. The Bertz CT molecular complexity index is 1130. The van der Waals surface area contributed by atoms with Crippen LogP contribution in [0.15, 0.2) is 60.8 Å². The summed E-state index contributed by atoms with van der Waals surface area (Å²) >= 11 is 0. The lowest BCUT2D eigenvalue weighted by atomic mass is 10.2. The number of H-pyrrole nitrogens is 1. The van der Waals surface area contributed by atoms with E-state index in [0.717, 1.165) is 34.4 Å². The molecule has 142 valence electrons. The van der Waals surface area contributed by atoms with Crippen LogP contribution in [0.4, 0.5) is 36.3 Å². The maximum atomic E-state index is 12.9. The van der Waals surface area contributed by atoms with E-state index >= 15 is 0 Å². The molecule has 0 saturated heterocycles. The van der Waals surface area contributed by atoms with Crippen molar-refractivity contribution in [2.45, 2.75) is 13.1 Å². The standard InChI is InChI=1S/C20H16F3N5/c1-12-9-13-5-6-16(11-17(13)25-12)27-19-24-8-7-18(28-19)26-15-4-2-3-14(10-15)20(21,22)23/h2-11,25H,1H3,(H2,24,26,27,28). The molecule has 0 amide bonds. The third kappa shape index (κ3) is 3.90. The molecule has 0 aliphatic heterocycles. The number of nitrogens with zero attached hydrogens (tertiary/aromatic N) is 2. The summed E-state index contributed by atoms with van der Waals surface area (Å²) < 4.78 is 38.6. The Morgan fingerprint density at radius 3 is 2.57 bits per heavy atom. The van der Waals surface area contributed by atoms with E-state index < -0.39 is 11.7 Å². The van der Waals surface area contributed by atoms with E-state index in [1.807, 2.05) is 25.1 Å². The minimum Gasteiger partial charge on any atom is -0.359 e. The molecule has 0 saturated carbocycles. The Labute approximate surface area is 158 Å². The first-order valence-corrected chi connectivity index (χ1v) is 8.50. The smallest absolute Gasteiger partial charge is 0.359 e. The van der Waals surface area contributed by atoms with Crippen molar-refractivity contribution in [2.75, 3.05) is 10.6 Å². The normalized spacial score (nSPS) is 11.6. The molecule has 3 N–H and O–H groups in total. The molecule has 4 rings (SSSR count). The van der Waals surface area contributed by atoms with Crippen molar-refractivity contribution in [3.63, 3.8) is 0 Å². The minimum absolute atomic E-state index is 0.294. The third-order valence-corrected chi connectivity index (χ3v) is 4.13. The first kappa shape index (κ1) is 17.8. The topological polar surface area (TPSA) is 65.6 Å². The first-order valence-electron chi connectivity index (χ1n) is 8.50. The number of nitrogens with one attached hydrogen (secondary N) is 3. The van der Waals surface area contributed by atoms with Crippen molar-refractivity contribution < 1.29 is 13.2 Å². The SMILES string of the molecule is Cc1cc2ccc(Nc3nccc(Nc4cccc(C(F)(F)F)c4)n3)cc2[nH]1. The molecule has 2 heterocycles. The Kier molecular flexibility index (Phi) is 4.38. The summed E-state index contributed by atoms with van der Waals surface area (Å²) in [4.78, 5) is 11.7. The Morgan fingerprint density at radius 1 is 0.929 bits per heavy atom. The van der Waals surface area contributed by atoms with Gasteiger partial charge in [-0.2, -0.15) is 18.2 Å². The number of alkyl halides is 3. The summed E-state index contributed by atoms with van der Waals surface area (Å²) in [5, 5.41) is 7.08. The third-order valence-electron chi connectivity index (χ3n) is 4.13. The highest BCUT2D eigenvalue weighted by Crippen LogP contribution is 2.31. The Hall–Kier alpha value is -3.55. The van der Waals surface area contributed by atoms with Gasteiger partial charge < -0.3 is 15.6 Å². The molecule has 0 atom stereocenters. The number of fused-ring (bicyclic) bond motifs is 1. The van der Waals surface area contributed by atoms with Gasteiger partial charge in [0.2, 0.25) is 5.95 Å². The van der Waals surface area contributed by atoms with E-state index in [-0.39, 0.29) is 0 Å². The minimum atomic E-state index is -4.40. The van der Waals surface area contributed by atoms with Gasteiger partial charge in [0.05, 0.1) is 5.56 Å². The largest absolute Gasteiger partial charge is 0.416 e. The van der Waals surface area contributed by atoms with E-state index in [0.29, 0.717) is 17.5 Å². The van der Waals surface area contributed by atoms with E-state index in [1.54, 1.807) is 12.1 Å². The quantitative estimate of drug-likeness (QED) is 0.418. The second-order valence-corrected chi connectivity index (χ2v) is 6.35. The van der Waals surface area contributed by atoms with E-state index in [1.165, 1.54) is 12.3 Å². The number of benzene rings is 2. The van der Waals surface area contributed by atoms with Crippen LogP contribution in [0.2, 0.25) is 0 Å². The lowest BCUT2D eigenvalue weighted by Gasteiger charge is -2.11. The molecule has 0 fully saturated rings. The highest BCUT2D eigenvalue weighted by atomic mass is 19.4. The molecule has 0 radical (unpaired) electrons. The summed E-state index contributed by atoms with van der Waals surface area (Å²) in [6.07, 6.45) is -2.87. The average molecular weight is 383 g/mol. The van der Waals surface area contributed by atoms with Gasteiger partial charge in [0.25, 0.3) is 0 Å². The van der Waals surface area contributed by atoms with Crippen LogP contribution in [0.3, 0.4) is 0 Å². The predicted octanol–water partition coefficient (Wildman–Crippen LogP) is 5.77. The number of aromatic nitrogens is 3. The first-order chi connectivity index (χ1) is 13.4. The lowest BCUT2D eigenvalue weighted by Crippen LogP contribution is -2.05. The molecule has 0 aliphatic rings. The van der Waals surface area contributed by atoms with Crippen molar-refractivity contribution in [2.24, 2.45) is 0 Å². The van der Waals surface area contributed by atoms with Crippen LogP contribution in [-0.2, 0) is 6.18 Å². The molecule has 28 heavy (non-hydrogen) atoms. The number of anilines is 4. The van der Waals surface area contributed by atoms with Crippen LogP contribution < -0.4 is 10.6 Å². The molecular formula is C20H16F3N5. The molecule has 2 aromatic heterocycles. The van der Waals surface area contributed by atoms with Crippen LogP contribution in [0.5, 0.6) is 0 Å². The summed E-state index contributed by atoms with van der Waals surface area (Å²) in [5.74, 6) is 0.716. The Morgan fingerprint density at radius 2 is 1.75 bits per heavy atom. The van der Waals surface area contributed by atoms with Gasteiger partial charge in [0, 0.05) is 28.8 Å². The molecule has 0 spiro atoms. The van der Waals surface area contributed by atoms with Gasteiger partial charge in [-0.25, -0.2) is 4.98 Å². The molecule has 0 aliphatic carbocycles. The molecule has 0 bridgehead atoms. The van der Waals surface area contributed by atoms with Crippen LogP contribution in [0, 0.1) is 6.92 Å². The van der Waals surface area contributed by atoms with Crippen molar-refractivity contribution in [3.05, 3.63) is 72.1 Å². The summed E-state index contributed by atoms with van der Waals surface area (Å²) in [7, 11) is 0. The van der Waals surface area contributed by atoms with Gasteiger partial charge in [-0.3, -0.25) is 0 Å². The number of hydrogen-bond acceptors (Lipinski definition) is 4. The monoisotopic (exact) mass is 383 g/mol. The highest BCUT2D eigenvalue weighted by Gasteiger charge is 2.30. The molecule has 4 aromatic rings. The van der Waals surface area contributed by atoms with Gasteiger partial charge in [0.15, 0.2) is 0 Å². The molecule has 5 nitrogen and oxygen atoms in total. The van der Waals surface area contributed by atoms with Crippen molar-refractivity contribution in [1.29, 1.82) is 0 Å². The van der Waals surface area contributed by atoms with E-state index in [2.05, 4.69) is 31.7 Å². The van der Waals surface area contributed by atoms with Crippen LogP contribution in [0.1, 0.15) is 11.3 Å². The van der Waals surface area contributed by atoms with E-state index in [4.69, 9.17) is 0 Å².